The predicted octanol–water partition coefficient (Wildman–Crippen LogP) is 4.08. The minimum absolute atomic E-state index is 0.0415. The van der Waals surface area contributed by atoms with Gasteiger partial charge in [-0.3, -0.25) is 19.9 Å². The fraction of sp³-hybridized carbons (Fsp3) is 0.467. The van der Waals surface area contributed by atoms with Crippen molar-refractivity contribution in [2.24, 2.45) is 7.05 Å². The lowest BCUT2D eigenvalue weighted by molar-refractivity contribution is -0.120. The molecule has 6 rings (SSSR count). The van der Waals surface area contributed by atoms with Gasteiger partial charge >= 0.3 is 6.03 Å². The van der Waals surface area contributed by atoms with Crippen LogP contribution in [0.4, 0.5) is 10.6 Å². The fourth-order valence-corrected chi connectivity index (χ4v) is 6.05. The van der Waals surface area contributed by atoms with Gasteiger partial charge in [-0.2, -0.15) is 0 Å². The van der Waals surface area contributed by atoms with E-state index in [9.17, 15) is 14.7 Å². The third-order valence-electron chi connectivity index (χ3n) is 8.25. The van der Waals surface area contributed by atoms with Crippen LogP contribution in [0.5, 0.6) is 5.75 Å². The molecule has 210 valence electrons. The Morgan fingerprint density at radius 3 is 2.55 bits per heavy atom. The van der Waals surface area contributed by atoms with E-state index < -0.39 is 6.03 Å². The fourth-order valence-electron chi connectivity index (χ4n) is 6.05. The monoisotopic (exact) mass is 544 g/mol. The number of pyridine rings is 1. The van der Waals surface area contributed by atoms with Crippen molar-refractivity contribution in [3.05, 3.63) is 59.4 Å². The standard InChI is InChI=1S/C30H36N6O4/c1-34-27(36-15-14-26(38)33-30(36)39)16-31-29(34)24-13-10-21-18-35(25(19-37)28(21)32-24)17-20-8-11-23(12-9-20)40-22-6-4-2-3-5-7-22/h8-13,16,22,25,37H,2-7,14-15,17-19H2,1H3,(H,33,38,39)/t25-/m1/s1. The zero-order valence-electron chi connectivity index (χ0n) is 22.9. The maximum Gasteiger partial charge on any atom is 0.329 e. The van der Waals surface area contributed by atoms with Crippen molar-refractivity contribution in [1.82, 2.24) is 24.8 Å². The van der Waals surface area contributed by atoms with Crippen LogP contribution < -0.4 is 15.0 Å². The van der Waals surface area contributed by atoms with Crippen LogP contribution in [0.15, 0.2) is 42.6 Å². The highest BCUT2D eigenvalue weighted by Gasteiger charge is 2.32. The van der Waals surface area contributed by atoms with Crippen LogP contribution in [0, 0.1) is 0 Å². The molecule has 3 amide bonds. The molecule has 10 heteroatoms. The van der Waals surface area contributed by atoms with Gasteiger partial charge in [-0.05, 0) is 55.0 Å². The largest absolute Gasteiger partial charge is 0.490 e. The summed E-state index contributed by atoms with van der Waals surface area (Å²) in [6.45, 7) is 1.65. The van der Waals surface area contributed by atoms with E-state index in [1.54, 1.807) is 6.20 Å². The zero-order valence-corrected chi connectivity index (χ0v) is 22.9. The number of benzene rings is 1. The number of nitrogens with one attached hydrogen (secondary N) is 1. The molecule has 3 aliphatic rings. The van der Waals surface area contributed by atoms with Gasteiger partial charge in [0.05, 0.1) is 30.6 Å². The van der Waals surface area contributed by atoms with Gasteiger partial charge in [0.15, 0.2) is 5.82 Å². The molecule has 0 unspecified atom stereocenters. The molecular weight excluding hydrogens is 508 g/mol. The van der Waals surface area contributed by atoms with Crippen LogP contribution in [0.1, 0.15) is 67.8 Å². The first-order valence-corrected chi connectivity index (χ1v) is 14.2. The average Bonchev–Trinajstić information content (AvgIpc) is 3.38. The van der Waals surface area contributed by atoms with Crippen LogP contribution in [0.2, 0.25) is 0 Å². The van der Waals surface area contributed by atoms with Gasteiger partial charge in [-0.1, -0.05) is 31.0 Å². The van der Waals surface area contributed by atoms with Crippen molar-refractivity contribution in [3.8, 4) is 17.3 Å². The first-order valence-electron chi connectivity index (χ1n) is 14.2. The molecule has 1 aromatic carbocycles. The van der Waals surface area contributed by atoms with Gasteiger partial charge in [0.1, 0.15) is 17.3 Å². The van der Waals surface area contributed by atoms with Gasteiger partial charge < -0.3 is 14.4 Å². The van der Waals surface area contributed by atoms with Crippen LogP contribution >= 0.6 is 0 Å². The van der Waals surface area contributed by atoms with Gasteiger partial charge in [-0.25, -0.2) is 14.8 Å². The molecule has 0 spiro atoms. The Morgan fingerprint density at radius 1 is 1.05 bits per heavy atom. The number of anilines is 1. The number of aliphatic hydroxyl groups is 1. The van der Waals surface area contributed by atoms with Crippen molar-refractivity contribution in [2.45, 2.75) is 70.2 Å². The highest BCUT2D eigenvalue weighted by Crippen LogP contribution is 2.35. The van der Waals surface area contributed by atoms with Crippen LogP contribution in [0.3, 0.4) is 0 Å². The number of imidazole rings is 1. The van der Waals surface area contributed by atoms with E-state index >= 15 is 0 Å². The summed E-state index contributed by atoms with van der Waals surface area (Å²) in [6, 6.07) is 11.6. The van der Waals surface area contributed by atoms with Crippen molar-refractivity contribution in [1.29, 1.82) is 0 Å². The van der Waals surface area contributed by atoms with Crippen molar-refractivity contribution < 1.29 is 19.4 Å². The molecular formula is C30H36N6O4. The maximum absolute atomic E-state index is 12.3. The van der Waals surface area contributed by atoms with E-state index in [1.165, 1.54) is 30.6 Å². The highest BCUT2D eigenvalue weighted by molar-refractivity contribution is 6.05. The number of hydrogen-bond donors (Lipinski definition) is 2. The number of carbonyl (C=O) groups excluding carboxylic acids is 2. The summed E-state index contributed by atoms with van der Waals surface area (Å²) >= 11 is 0. The molecule has 1 aliphatic carbocycles. The first kappa shape index (κ1) is 26.5. The lowest BCUT2D eigenvalue weighted by Crippen LogP contribution is -2.50. The molecule has 0 bridgehead atoms. The van der Waals surface area contributed by atoms with Crippen LogP contribution in [0.25, 0.3) is 11.5 Å². The number of amides is 3. The summed E-state index contributed by atoms with van der Waals surface area (Å²) in [5, 5.41) is 12.7. The molecule has 4 heterocycles. The summed E-state index contributed by atoms with van der Waals surface area (Å²) in [6.07, 6.45) is 9.56. The maximum atomic E-state index is 12.3. The van der Waals surface area contributed by atoms with Gasteiger partial charge in [-0.15, -0.1) is 0 Å². The Hall–Kier alpha value is -3.76. The topological polar surface area (TPSA) is 113 Å². The SMILES string of the molecule is Cn1c(N2CCC(=O)NC2=O)cnc1-c1ccc2c(n1)[C@@H](CO)N(Cc1ccc(OC3CCCCCC3)cc1)C2. The molecule has 2 aromatic heterocycles. The van der Waals surface area contributed by atoms with Gasteiger partial charge in [0.2, 0.25) is 5.91 Å². The van der Waals surface area contributed by atoms with Crippen LogP contribution in [-0.4, -0.2) is 55.7 Å². The molecule has 40 heavy (non-hydrogen) atoms. The summed E-state index contributed by atoms with van der Waals surface area (Å²) in [4.78, 5) is 37.1. The number of hydrogen-bond acceptors (Lipinski definition) is 7. The Morgan fingerprint density at radius 2 is 1.82 bits per heavy atom. The molecule has 1 atom stereocenters. The van der Waals surface area contributed by atoms with E-state index in [2.05, 4.69) is 39.5 Å². The molecule has 2 fully saturated rings. The third-order valence-corrected chi connectivity index (χ3v) is 8.25. The molecule has 1 saturated carbocycles. The predicted molar refractivity (Wildman–Crippen MR) is 150 cm³/mol. The number of ether oxygens (including phenoxy) is 1. The Bertz CT molecular complexity index is 1380. The van der Waals surface area contributed by atoms with Crippen molar-refractivity contribution in [3.63, 3.8) is 0 Å². The van der Waals surface area contributed by atoms with Crippen molar-refractivity contribution >= 4 is 17.8 Å². The van der Waals surface area contributed by atoms with Crippen molar-refractivity contribution in [2.75, 3.05) is 18.1 Å². The van der Waals surface area contributed by atoms with E-state index in [-0.39, 0.29) is 25.0 Å². The second-order valence-electron chi connectivity index (χ2n) is 11.0. The highest BCUT2D eigenvalue weighted by atomic mass is 16.5. The van der Waals surface area contributed by atoms with Gasteiger partial charge in [0, 0.05) is 33.1 Å². The number of aliphatic hydroxyl groups excluding tert-OH is 1. The molecule has 2 aliphatic heterocycles. The quantitative estimate of drug-likeness (QED) is 0.431. The van der Waals surface area contributed by atoms with Crippen LogP contribution in [-0.2, 0) is 24.9 Å². The molecule has 3 aromatic rings. The Labute approximate surface area is 234 Å². The van der Waals surface area contributed by atoms with E-state index in [1.807, 2.05) is 23.7 Å². The normalized spacial score (nSPS) is 20.4. The lowest BCUT2D eigenvalue weighted by atomic mass is 10.1. The minimum atomic E-state index is -0.451. The average molecular weight is 545 g/mol. The first-order chi connectivity index (χ1) is 19.5. The Balaban J connectivity index is 1.15. The van der Waals surface area contributed by atoms with Gasteiger partial charge in [0.25, 0.3) is 0 Å². The zero-order chi connectivity index (χ0) is 27.6. The number of imide groups is 1. The number of urea groups is 1. The van der Waals surface area contributed by atoms with E-state index in [0.717, 1.165) is 35.4 Å². The smallest absolute Gasteiger partial charge is 0.329 e. The number of nitrogens with zero attached hydrogens (tertiary/aromatic N) is 5. The molecule has 10 nitrogen and oxygen atoms in total. The van der Waals surface area contributed by atoms with E-state index in [4.69, 9.17) is 9.72 Å². The number of aromatic nitrogens is 3. The Kier molecular flexibility index (Phi) is 7.53. The number of carbonyl (C=O) groups is 2. The summed E-state index contributed by atoms with van der Waals surface area (Å²) in [5.74, 6) is 1.85. The third kappa shape index (κ3) is 5.33. The summed E-state index contributed by atoms with van der Waals surface area (Å²) in [7, 11) is 1.83. The molecule has 1 saturated heterocycles. The second-order valence-corrected chi connectivity index (χ2v) is 11.0. The summed E-state index contributed by atoms with van der Waals surface area (Å²) in [5.41, 5.74) is 3.76. The summed E-state index contributed by atoms with van der Waals surface area (Å²) < 4.78 is 8.07. The van der Waals surface area contributed by atoms with E-state index in [0.29, 0.717) is 43.1 Å². The number of rotatable bonds is 7. The molecule has 2 N–H and O–H groups in total. The minimum Gasteiger partial charge on any atom is -0.490 e. The molecule has 0 radical (unpaired) electrons. The lowest BCUT2D eigenvalue weighted by Gasteiger charge is -2.26. The second kappa shape index (κ2) is 11.4. The number of fused-ring (bicyclic) bond motifs is 1.